The van der Waals surface area contributed by atoms with Crippen molar-refractivity contribution in [2.45, 2.75) is 19.4 Å². The number of carbonyl (C=O) groups is 1. The summed E-state index contributed by atoms with van der Waals surface area (Å²) in [5, 5.41) is 2.80. The summed E-state index contributed by atoms with van der Waals surface area (Å²) in [5.41, 5.74) is 1.14. The average Bonchev–Trinajstić information content (AvgIpc) is 3.14. The molecule has 1 aliphatic rings. The number of methoxy groups -OCH3 is 1. The summed E-state index contributed by atoms with van der Waals surface area (Å²) < 4.78 is 18.5. The Morgan fingerprint density at radius 1 is 1.29 bits per heavy atom. The zero-order valence-electron chi connectivity index (χ0n) is 13.6. The number of hydrogen-bond donors (Lipinski definition) is 1. The van der Waals surface area contributed by atoms with E-state index in [2.05, 4.69) is 15.2 Å². The molecule has 1 fully saturated rings. The molecule has 0 radical (unpaired) electrons. The number of halogens is 1. The Kier molecular flexibility index (Phi) is 4.93. The number of rotatable bonds is 5. The Morgan fingerprint density at radius 3 is 2.83 bits per heavy atom. The molecule has 1 amide bonds. The molecule has 5 nitrogen and oxygen atoms in total. The van der Waals surface area contributed by atoms with E-state index in [1.807, 2.05) is 12.1 Å². The van der Waals surface area contributed by atoms with Gasteiger partial charge in [0.25, 0.3) is 5.91 Å². The van der Waals surface area contributed by atoms with Crippen LogP contribution < -0.4 is 15.0 Å². The fourth-order valence-electron chi connectivity index (χ4n) is 2.82. The lowest BCUT2D eigenvalue weighted by molar-refractivity contribution is 0.0947. The van der Waals surface area contributed by atoms with Crippen molar-refractivity contribution < 1.29 is 13.9 Å². The number of nitrogens with one attached hydrogen (secondary N) is 1. The molecule has 1 N–H and O–H groups in total. The molecule has 2 heterocycles. The number of ether oxygens (including phenoxy) is 1. The largest absolute Gasteiger partial charge is 0.496 e. The van der Waals surface area contributed by atoms with Gasteiger partial charge in [-0.3, -0.25) is 4.79 Å². The second kappa shape index (κ2) is 7.29. The number of nitrogens with zero attached hydrogens (tertiary/aromatic N) is 2. The van der Waals surface area contributed by atoms with Gasteiger partial charge < -0.3 is 15.0 Å². The molecule has 2 aromatic rings. The molecule has 0 bridgehead atoms. The monoisotopic (exact) mass is 329 g/mol. The van der Waals surface area contributed by atoms with E-state index >= 15 is 0 Å². The summed E-state index contributed by atoms with van der Waals surface area (Å²) >= 11 is 0. The zero-order valence-corrected chi connectivity index (χ0v) is 13.6. The van der Waals surface area contributed by atoms with Crippen molar-refractivity contribution in [1.29, 1.82) is 0 Å². The molecule has 126 valence electrons. The third-order valence-electron chi connectivity index (χ3n) is 4.10. The van der Waals surface area contributed by atoms with Crippen molar-refractivity contribution >= 4 is 11.7 Å². The number of amides is 1. The molecule has 1 aromatic carbocycles. The predicted molar refractivity (Wildman–Crippen MR) is 89.8 cm³/mol. The van der Waals surface area contributed by atoms with Crippen LogP contribution in [0, 0.1) is 5.82 Å². The maximum absolute atomic E-state index is 13.4. The predicted octanol–water partition coefficient (Wildman–Crippen LogP) is 2.76. The van der Waals surface area contributed by atoms with E-state index in [1.54, 1.807) is 6.20 Å². The van der Waals surface area contributed by atoms with Gasteiger partial charge in [0.05, 0.1) is 12.7 Å². The third-order valence-corrected chi connectivity index (χ3v) is 4.10. The van der Waals surface area contributed by atoms with Gasteiger partial charge in [-0.2, -0.15) is 0 Å². The van der Waals surface area contributed by atoms with Gasteiger partial charge in [0, 0.05) is 25.8 Å². The first-order chi connectivity index (χ1) is 11.7. The van der Waals surface area contributed by atoms with Crippen LogP contribution >= 0.6 is 0 Å². The second-order valence-corrected chi connectivity index (χ2v) is 5.74. The van der Waals surface area contributed by atoms with Crippen LogP contribution in [0.25, 0.3) is 0 Å². The summed E-state index contributed by atoms with van der Waals surface area (Å²) in [6.07, 6.45) is 4.11. The van der Waals surface area contributed by atoms with E-state index in [1.165, 1.54) is 38.2 Å². The summed E-state index contributed by atoms with van der Waals surface area (Å²) in [6, 6.07) is 7.73. The van der Waals surface area contributed by atoms with E-state index in [-0.39, 0.29) is 11.5 Å². The Bertz CT molecular complexity index is 730. The average molecular weight is 329 g/mol. The van der Waals surface area contributed by atoms with Crippen molar-refractivity contribution in [1.82, 2.24) is 10.3 Å². The van der Waals surface area contributed by atoms with Gasteiger partial charge in [-0.1, -0.05) is 0 Å². The summed E-state index contributed by atoms with van der Waals surface area (Å²) in [5.74, 6) is 0.441. The molecule has 0 atom stereocenters. The highest BCUT2D eigenvalue weighted by molar-refractivity contribution is 5.96. The first-order valence-electron chi connectivity index (χ1n) is 7.99. The van der Waals surface area contributed by atoms with Crippen molar-refractivity contribution in [3.05, 3.63) is 53.5 Å². The molecule has 3 rings (SSSR count). The first-order valence-corrected chi connectivity index (χ1v) is 7.99. The van der Waals surface area contributed by atoms with Gasteiger partial charge in [0.15, 0.2) is 0 Å². The van der Waals surface area contributed by atoms with E-state index in [0.29, 0.717) is 12.3 Å². The number of pyridine rings is 1. The molecule has 0 spiro atoms. The van der Waals surface area contributed by atoms with Crippen molar-refractivity contribution in [2.24, 2.45) is 0 Å². The molecule has 1 saturated heterocycles. The maximum Gasteiger partial charge on any atom is 0.255 e. The first kappa shape index (κ1) is 16.2. The lowest BCUT2D eigenvalue weighted by atomic mass is 10.1. The second-order valence-electron chi connectivity index (χ2n) is 5.74. The van der Waals surface area contributed by atoms with Gasteiger partial charge in [-0.15, -0.1) is 0 Å². The Balaban J connectivity index is 1.68. The highest BCUT2D eigenvalue weighted by Crippen LogP contribution is 2.20. The van der Waals surface area contributed by atoms with Crippen LogP contribution in [0.4, 0.5) is 10.2 Å². The summed E-state index contributed by atoms with van der Waals surface area (Å²) in [6.45, 7) is 2.38. The highest BCUT2D eigenvalue weighted by atomic mass is 19.1. The molecule has 6 heteroatoms. The van der Waals surface area contributed by atoms with Crippen molar-refractivity contribution in [3.63, 3.8) is 0 Å². The molecule has 1 aromatic heterocycles. The normalized spacial score (nSPS) is 13.8. The van der Waals surface area contributed by atoms with Crippen LogP contribution in [0.2, 0.25) is 0 Å². The van der Waals surface area contributed by atoms with E-state index in [0.717, 1.165) is 24.5 Å². The molecule has 1 aliphatic heterocycles. The summed E-state index contributed by atoms with van der Waals surface area (Å²) in [4.78, 5) is 18.9. The number of anilines is 1. The van der Waals surface area contributed by atoms with Crippen LogP contribution in [0.1, 0.15) is 28.8 Å². The van der Waals surface area contributed by atoms with Crippen LogP contribution in [0.3, 0.4) is 0 Å². The Hall–Kier alpha value is -2.63. The standard InChI is InChI=1S/C18H20FN3O2/c1-24-16-5-4-14(19)11-15(16)18(23)21-12-13-6-7-20-17(10-13)22-8-2-3-9-22/h4-7,10-11H,2-3,8-9,12H2,1H3,(H,21,23). The Morgan fingerprint density at radius 2 is 2.08 bits per heavy atom. The lowest BCUT2D eigenvalue weighted by Gasteiger charge is -2.17. The smallest absolute Gasteiger partial charge is 0.255 e. The molecule has 0 unspecified atom stereocenters. The third kappa shape index (κ3) is 3.64. The van der Waals surface area contributed by atoms with E-state index < -0.39 is 5.82 Å². The minimum Gasteiger partial charge on any atom is -0.496 e. The molecule has 24 heavy (non-hydrogen) atoms. The van der Waals surface area contributed by atoms with E-state index in [9.17, 15) is 9.18 Å². The number of carbonyl (C=O) groups excluding carboxylic acids is 1. The summed E-state index contributed by atoms with van der Waals surface area (Å²) in [7, 11) is 1.45. The van der Waals surface area contributed by atoms with Crippen LogP contribution in [0.5, 0.6) is 5.75 Å². The molecular weight excluding hydrogens is 309 g/mol. The SMILES string of the molecule is COc1ccc(F)cc1C(=O)NCc1ccnc(N2CCCC2)c1. The molecule has 0 saturated carbocycles. The van der Waals surface area contributed by atoms with Crippen molar-refractivity contribution in [2.75, 3.05) is 25.1 Å². The van der Waals surface area contributed by atoms with Crippen LogP contribution in [0.15, 0.2) is 36.5 Å². The molecule has 0 aliphatic carbocycles. The fraction of sp³-hybridized carbons (Fsp3) is 0.333. The van der Waals surface area contributed by atoms with Gasteiger partial charge >= 0.3 is 0 Å². The van der Waals surface area contributed by atoms with Gasteiger partial charge in [0.2, 0.25) is 0 Å². The van der Waals surface area contributed by atoms with Crippen LogP contribution in [-0.4, -0.2) is 31.1 Å². The number of benzene rings is 1. The fourth-order valence-corrected chi connectivity index (χ4v) is 2.82. The van der Waals surface area contributed by atoms with Gasteiger partial charge in [-0.05, 0) is 48.7 Å². The zero-order chi connectivity index (χ0) is 16.9. The van der Waals surface area contributed by atoms with Gasteiger partial charge in [-0.25, -0.2) is 9.37 Å². The minimum atomic E-state index is -0.471. The minimum absolute atomic E-state index is 0.186. The Labute approximate surface area is 140 Å². The van der Waals surface area contributed by atoms with E-state index in [4.69, 9.17) is 4.74 Å². The van der Waals surface area contributed by atoms with Crippen LogP contribution in [-0.2, 0) is 6.54 Å². The maximum atomic E-state index is 13.4. The topological polar surface area (TPSA) is 54.5 Å². The number of aromatic nitrogens is 1. The highest BCUT2D eigenvalue weighted by Gasteiger charge is 2.15. The number of hydrogen-bond acceptors (Lipinski definition) is 4. The van der Waals surface area contributed by atoms with Gasteiger partial charge in [0.1, 0.15) is 17.4 Å². The quantitative estimate of drug-likeness (QED) is 0.916. The lowest BCUT2D eigenvalue weighted by Crippen LogP contribution is -2.24. The molecular formula is C18H20FN3O2. The van der Waals surface area contributed by atoms with Crippen molar-refractivity contribution in [3.8, 4) is 5.75 Å².